The summed E-state index contributed by atoms with van der Waals surface area (Å²) in [7, 11) is 2.95. The van der Waals surface area contributed by atoms with Crippen molar-refractivity contribution < 1.29 is 24.2 Å². The van der Waals surface area contributed by atoms with Gasteiger partial charge in [0.25, 0.3) is 5.91 Å². The number of benzene rings is 2. The number of rotatable bonds is 4. The number of amides is 2. The van der Waals surface area contributed by atoms with Crippen molar-refractivity contribution in [2.75, 3.05) is 19.1 Å². The molecule has 3 rings (SSSR count). The van der Waals surface area contributed by atoms with Crippen LogP contribution in [0.1, 0.15) is 11.1 Å². The molecule has 0 atom stereocenters. The summed E-state index contributed by atoms with van der Waals surface area (Å²) in [5, 5.41) is 10.7. The van der Waals surface area contributed by atoms with Gasteiger partial charge in [0.1, 0.15) is 0 Å². The minimum absolute atomic E-state index is 0.102. The lowest BCUT2D eigenvalue weighted by molar-refractivity contribution is -0.121. The summed E-state index contributed by atoms with van der Waals surface area (Å²) in [4.78, 5) is 26.4. The van der Waals surface area contributed by atoms with E-state index in [0.29, 0.717) is 33.3 Å². The molecule has 2 aromatic rings. The minimum atomic E-state index is -0.801. The van der Waals surface area contributed by atoms with E-state index in [-0.39, 0.29) is 5.57 Å². The topological polar surface area (TPSA) is 76.1 Å². The van der Waals surface area contributed by atoms with Crippen LogP contribution in [0.4, 0.5) is 5.69 Å². The fourth-order valence-electron chi connectivity index (χ4n) is 2.83. The van der Waals surface area contributed by atoms with Crippen molar-refractivity contribution in [2.24, 2.45) is 0 Å². The normalized spacial score (nSPS) is 14.2. The maximum Gasteiger partial charge on any atom is 0.301 e. The molecule has 0 saturated heterocycles. The van der Waals surface area contributed by atoms with Crippen molar-refractivity contribution in [3.8, 4) is 11.5 Å². The molecule has 2 aromatic carbocycles. The number of carbonyl (C=O) groups is 2. The zero-order valence-corrected chi connectivity index (χ0v) is 15.1. The van der Waals surface area contributed by atoms with Crippen LogP contribution in [0.2, 0.25) is 5.02 Å². The Kier molecular flexibility index (Phi) is 4.61. The lowest BCUT2D eigenvalue weighted by atomic mass is 10.0. The Hall–Kier alpha value is -2.99. The summed E-state index contributed by atoms with van der Waals surface area (Å²) < 4.78 is 10.4. The van der Waals surface area contributed by atoms with Crippen LogP contribution in [-0.4, -0.2) is 31.1 Å². The first-order valence-corrected chi connectivity index (χ1v) is 8.08. The molecule has 0 bridgehead atoms. The van der Waals surface area contributed by atoms with Gasteiger partial charge >= 0.3 is 5.91 Å². The lowest BCUT2D eigenvalue weighted by Gasteiger charge is -2.18. The van der Waals surface area contributed by atoms with Crippen LogP contribution in [0.15, 0.2) is 42.2 Å². The molecular weight excluding hydrogens is 358 g/mol. The highest BCUT2D eigenvalue weighted by molar-refractivity contribution is 6.45. The molecule has 1 aliphatic rings. The molecule has 1 N–H and O–H groups in total. The van der Waals surface area contributed by atoms with E-state index in [4.69, 9.17) is 21.1 Å². The molecule has 6 nitrogen and oxygen atoms in total. The van der Waals surface area contributed by atoms with Crippen LogP contribution >= 0.6 is 11.6 Å². The van der Waals surface area contributed by atoms with Crippen LogP contribution in [0.3, 0.4) is 0 Å². The van der Waals surface area contributed by atoms with Gasteiger partial charge in [-0.2, -0.15) is 0 Å². The van der Waals surface area contributed by atoms with Crippen molar-refractivity contribution >= 4 is 34.7 Å². The number of carbonyl (C=O) groups excluding carboxylic acids is 2. The Labute approximate surface area is 155 Å². The third-order valence-electron chi connectivity index (χ3n) is 4.21. The van der Waals surface area contributed by atoms with Crippen molar-refractivity contribution in [2.45, 2.75) is 6.92 Å². The van der Waals surface area contributed by atoms with E-state index in [1.807, 2.05) is 0 Å². The third-order valence-corrected chi connectivity index (χ3v) is 4.62. The number of aliphatic hydroxyl groups excluding tert-OH is 1. The molecule has 26 heavy (non-hydrogen) atoms. The number of nitrogens with zero attached hydrogens (tertiary/aromatic N) is 1. The molecular formula is C19H16ClNO5. The zero-order valence-electron chi connectivity index (χ0n) is 14.4. The predicted octanol–water partition coefficient (Wildman–Crippen LogP) is 3.51. The Morgan fingerprint density at radius 1 is 1.00 bits per heavy atom. The first-order valence-electron chi connectivity index (χ1n) is 7.70. The van der Waals surface area contributed by atoms with Crippen molar-refractivity contribution in [3.05, 3.63) is 58.3 Å². The van der Waals surface area contributed by atoms with Crippen LogP contribution < -0.4 is 14.4 Å². The number of hydrogen-bond acceptors (Lipinski definition) is 5. The standard InChI is InChI=1S/C19H16ClNO5/c1-10-12(20)5-4-6-13(10)21-18(23)16(17(22)19(21)24)11-7-8-14(25-2)15(9-11)26-3/h4-9,22H,1-3H3. The summed E-state index contributed by atoms with van der Waals surface area (Å²) >= 11 is 6.09. The van der Waals surface area contributed by atoms with Crippen LogP contribution in [0.25, 0.3) is 5.57 Å². The Morgan fingerprint density at radius 3 is 2.35 bits per heavy atom. The van der Waals surface area contributed by atoms with E-state index in [1.54, 1.807) is 37.3 Å². The highest BCUT2D eigenvalue weighted by atomic mass is 35.5. The van der Waals surface area contributed by atoms with Gasteiger partial charge in [-0.1, -0.05) is 23.7 Å². The minimum Gasteiger partial charge on any atom is -0.502 e. The van der Waals surface area contributed by atoms with Gasteiger partial charge in [-0.25, -0.2) is 4.90 Å². The van der Waals surface area contributed by atoms with E-state index in [1.165, 1.54) is 20.3 Å². The molecule has 0 saturated carbocycles. The van der Waals surface area contributed by atoms with Crippen LogP contribution in [-0.2, 0) is 9.59 Å². The highest BCUT2D eigenvalue weighted by Crippen LogP contribution is 2.37. The molecule has 1 aliphatic heterocycles. The van der Waals surface area contributed by atoms with Crippen LogP contribution in [0.5, 0.6) is 11.5 Å². The molecule has 0 radical (unpaired) electrons. The maximum atomic E-state index is 12.9. The van der Waals surface area contributed by atoms with Gasteiger partial charge in [-0.3, -0.25) is 9.59 Å². The summed E-state index contributed by atoms with van der Waals surface area (Å²) in [6.07, 6.45) is 0. The Morgan fingerprint density at radius 2 is 1.69 bits per heavy atom. The second-order valence-electron chi connectivity index (χ2n) is 5.62. The van der Waals surface area contributed by atoms with Gasteiger partial charge in [0.15, 0.2) is 17.3 Å². The molecule has 7 heteroatoms. The fraction of sp³-hybridized carbons (Fsp3) is 0.158. The Balaban J connectivity index is 2.09. The number of ether oxygens (including phenoxy) is 2. The summed E-state index contributed by atoms with van der Waals surface area (Å²) in [6.45, 7) is 1.70. The lowest BCUT2D eigenvalue weighted by Crippen LogP contribution is -2.32. The molecule has 134 valence electrons. The number of halogens is 1. The maximum absolute atomic E-state index is 12.9. The first kappa shape index (κ1) is 17.8. The largest absolute Gasteiger partial charge is 0.502 e. The zero-order chi connectivity index (χ0) is 19.0. The quantitative estimate of drug-likeness (QED) is 0.830. The van der Waals surface area contributed by atoms with Crippen molar-refractivity contribution in [1.82, 2.24) is 0 Å². The SMILES string of the molecule is COc1ccc(C2=C(O)C(=O)N(c3cccc(Cl)c3C)C2=O)cc1OC. The van der Waals surface area contributed by atoms with Crippen molar-refractivity contribution in [1.29, 1.82) is 0 Å². The van der Waals surface area contributed by atoms with Gasteiger partial charge in [0.2, 0.25) is 0 Å². The molecule has 1 heterocycles. The van der Waals surface area contributed by atoms with E-state index in [9.17, 15) is 14.7 Å². The smallest absolute Gasteiger partial charge is 0.301 e. The summed E-state index contributed by atoms with van der Waals surface area (Å²) in [5.41, 5.74) is 1.14. The number of methoxy groups -OCH3 is 2. The Bertz CT molecular complexity index is 951. The monoisotopic (exact) mass is 373 g/mol. The molecule has 0 unspecified atom stereocenters. The second kappa shape index (κ2) is 6.72. The summed E-state index contributed by atoms with van der Waals surface area (Å²) in [6, 6.07) is 9.60. The molecule has 2 amide bonds. The molecule has 0 fully saturated rings. The number of aliphatic hydroxyl groups is 1. The van der Waals surface area contributed by atoms with E-state index in [0.717, 1.165) is 4.90 Å². The number of hydrogen-bond donors (Lipinski definition) is 1. The van der Waals surface area contributed by atoms with Gasteiger partial charge in [0.05, 0.1) is 25.5 Å². The third kappa shape index (κ3) is 2.68. The molecule has 0 aromatic heterocycles. The van der Waals surface area contributed by atoms with E-state index >= 15 is 0 Å². The first-order chi connectivity index (χ1) is 12.4. The van der Waals surface area contributed by atoms with Gasteiger partial charge in [-0.15, -0.1) is 0 Å². The van der Waals surface area contributed by atoms with Gasteiger partial charge in [-0.05, 0) is 42.3 Å². The molecule has 0 aliphatic carbocycles. The fourth-order valence-corrected chi connectivity index (χ4v) is 3.00. The highest BCUT2D eigenvalue weighted by Gasteiger charge is 2.41. The number of imide groups is 1. The summed E-state index contributed by atoms with van der Waals surface area (Å²) in [5.74, 6) is -1.21. The van der Waals surface area contributed by atoms with Gasteiger partial charge < -0.3 is 14.6 Å². The van der Waals surface area contributed by atoms with Gasteiger partial charge in [0, 0.05) is 5.02 Å². The predicted molar refractivity (Wildman–Crippen MR) is 97.8 cm³/mol. The average molecular weight is 374 g/mol. The average Bonchev–Trinajstić information content (AvgIpc) is 2.86. The van der Waals surface area contributed by atoms with Crippen LogP contribution in [0, 0.1) is 6.92 Å². The van der Waals surface area contributed by atoms with E-state index in [2.05, 4.69) is 0 Å². The number of anilines is 1. The van der Waals surface area contributed by atoms with Crippen molar-refractivity contribution in [3.63, 3.8) is 0 Å². The van der Waals surface area contributed by atoms with E-state index < -0.39 is 17.6 Å². The second-order valence-corrected chi connectivity index (χ2v) is 6.03. The molecule has 0 spiro atoms.